The molecule has 0 spiro atoms. The lowest BCUT2D eigenvalue weighted by Gasteiger charge is -2.38. The predicted octanol–water partition coefficient (Wildman–Crippen LogP) is 6.38. The van der Waals surface area contributed by atoms with Crippen molar-refractivity contribution in [3.63, 3.8) is 0 Å². The minimum atomic E-state index is -0.300. The van der Waals surface area contributed by atoms with Gasteiger partial charge in [-0.3, -0.25) is 0 Å². The van der Waals surface area contributed by atoms with Crippen LogP contribution >= 0.6 is 11.3 Å². The molecule has 4 heteroatoms. The third-order valence-electron chi connectivity index (χ3n) is 6.37. The number of benzene rings is 2. The van der Waals surface area contributed by atoms with Crippen molar-refractivity contribution < 1.29 is 0 Å². The molecule has 0 saturated carbocycles. The van der Waals surface area contributed by atoms with Crippen LogP contribution in [0.3, 0.4) is 0 Å². The van der Waals surface area contributed by atoms with Crippen molar-refractivity contribution in [2.45, 2.75) is 39.0 Å². The van der Waals surface area contributed by atoms with Gasteiger partial charge >= 0.3 is 0 Å². The quantitative estimate of drug-likeness (QED) is 0.474. The van der Waals surface area contributed by atoms with Gasteiger partial charge < -0.3 is 10.6 Å². The zero-order valence-electron chi connectivity index (χ0n) is 18.6. The van der Waals surface area contributed by atoms with Crippen LogP contribution in [-0.4, -0.2) is 18.1 Å². The normalized spacial score (nSPS) is 18.4. The molecule has 0 bridgehead atoms. The highest BCUT2D eigenvalue weighted by Crippen LogP contribution is 2.47. The number of thiazole rings is 1. The van der Waals surface area contributed by atoms with Crippen molar-refractivity contribution >= 4 is 22.2 Å². The third kappa shape index (κ3) is 4.17. The van der Waals surface area contributed by atoms with Crippen LogP contribution in [0.5, 0.6) is 0 Å². The van der Waals surface area contributed by atoms with Crippen LogP contribution in [0, 0.1) is 0 Å². The Morgan fingerprint density at radius 2 is 1.74 bits per heavy atom. The highest BCUT2D eigenvalue weighted by Gasteiger charge is 2.40. The van der Waals surface area contributed by atoms with E-state index in [1.165, 1.54) is 39.3 Å². The summed E-state index contributed by atoms with van der Waals surface area (Å²) < 4.78 is 0. The van der Waals surface area contributed by atoms with E-state index in [-0.39, 0.29) is 5.41 Å². The van der Waals surface area contributed by atoms with Gasteiger partial charge in [-0.25, -0.2) is 4.98 Å². The Labute approximate surface area is 189 Å². The second kappa shape index (κ2) is 9.11. The maximum absolute atomic E-state index is 6.11. The maximum Gasteiger partial charge on any atom is 0.180 e. The molecule has 1 aromatic heterocycles. The molecule has 31 heavy (non-hydrogen) atoms. The van der Waals surface area contributed by atoms with Gasteiger partial charge in [-0.15, -0.1) is 11.3 Å². The average molecular weight is 430 g/mol. The fourth-order valence-corrected chi connectivity index (χ4v) is 5.31. The first-order valence-corrected chi connectivity index (χ1v) is 11.9. The van der Waals surface area contributed by atoms with E-state index in [0.29, 0.717) is 5.13 Å². The minimum absolute atomic E-state index is 0.300. The van der Waals surface area contributed by atoms with Gasteiger partial charge in [0, 0.05) is 24.2 Å². The largest absolute Gasteiger partial charge is 0.375 e. The van der Waals surface area contributed by atoms with Crippen molar-refractivity contribution in [1.82, 2.24) is 4.98 Å². The summed E-state index contributed by atoms with van der Waals surface area (Å²) in [6.45, 7) is 8.60. The fraction of sp³-hybridized carbons (Fsp3) is 0.296. The number of nitrogen functional groups attached to an aromatic ring is 1. The Balaban J connectivity index is 1.84. The molecular weight excluding hydrogens is 398 g/mol. The summed E-state index contributed by atoms with van der Waals surface area (Å²) >= 11 is 1.53. The van der Waals surface area contributed by atoms with Crippen molar-refractivity contribution in [3.05, 3.63) is 100 Å². The summed E-state index contributed by atoms with van der Waals surface area (Å²) in [4.78, 5) is 7.18. The van der Waals surface area contributed by atoms with E-state index in [0.717, 1.165) is 31.6 Å². The maximum atomic E-state index is 6.11. The van der Waals surface area contributed by atoms with Crippen LogP contribution < -0.4 is 10.6 Å². The number of nitrogens with zero attached hydrogens (tertiary/aromatic N) is 2. The van der Waals surface area contributed by atoms with E-state index >= 15 is 0 Å². The monoisotopic (exact) mass is 429 g/mol. The van der Waals surface area contributed by atoms with Crippen LogP contribution in [0.4, 0.5) is 10.8 Å². The second-order valence-electron chi connectivity index (χ2n) is 8.18. The molecule has 2 N–H and O–H groups in total. The van der Waals surface area contributed by atoms with Crippen LogP contribution in [0.2, 0.25) is 0 Å². The molecule has 0 aliphatic heterocycles. The van der Waals surface area contributed by atoms with E-state index in [9.17, 15) is 0 Å². The molecular formula is C27H31N3S. The van der Waals surface area contributed by atoms with E-state index in [2.05, 4.69) is 97.8 Å². The van der Waals surface area contributed by atoms with Crippen molar-refractivity contribution in [1.29, 1.82) is 0 Å². The summed E-state index contributed by atoms with van der Waals surface area (Å²) in [6.07, 6.45) is 6.47. The zero-order valence-corrected chi connectivity index (χ0v) is 19.5. The predicted molar refractivity (Wildman–Crippen MR) is 134 cm³/mol. The number of nitrogens with two attached hydrogens (primary N) is 1. The van der Waals surface area contributed by atoms with Gasteiger partial charge in [-0.1, -0.05) is 60.2 Å². The molecule has 1 unspecified atom stereocenters. The number of allylic oxidation sites excluding steroid dienone is 4. The van der Waals surface area contributed by atoms with E-state index < -0.39 is 0 Å². The summed E-state index contributed by atoms with van der Waals surface area (Å²) in [5, 5.41) is 2.76. The number of hydrogen-bond donors (Lipinski definition) is 1. The van der Waals surface area contributed by atoms with Gasteiger partial charge in [0.2, 0.25) is 0 Å². The first-order valence-electron chi connectivity index (χ1n) is 11.1. The Kier molecular flexibility index (Phi) is 6.28. The summed E-state index contributed by atoms with van der Waals surface area (Å²) in [5.41, 5.74) is 13.4. The molecule has 2 aromatic carbocycles. The molecule has 1 aliphatic rings. The molecule has 1 aliphatic carbocycles. The molecule has 1 heterocycles. The highest BCUT2D eigenvalue weighted by molar-refractivity contribution is 7.13. The Bertz CT molecular complexity index is 1080. The van der Waals surface area contributed by atoms with Crippen molar-refractivity contribution in [2.75, 3.05) is 23.7 Å². The third-order valence-corrected chi connectivity index (χ3v) is 7.04. The summed E-state index contributed by atoms with van der Waals surface area (Å²) in [5.74, 6) is 0. The first-order chi connectivity index (χ1) is 15.1. The Hall–Kier alpha value is -2.85. The molecule has 4 rings (SSSR count). The lowest BCUT2D eigenvalue weighted by atomic mass is 9.65. The van der Waals surface area contributed by atoms with E-state index in [4.69, 9.17) is 10.7 Å². The van der Waals surface area contributed by atoms with Crippen molar-refractivity contribution in [3.8, 4) is 0 Å². The molecule has 160 valence electrons. The Morgan fingerprint density at radius 1 is 1.03 bits per heavy atom. The molecule has 3 aromatic rings. The SMILES string of the molecule is CCN(CC)c1ccc(C2(c3csc(N)n3)CC=C(C)C=C2Cc2ccccc2)cc1. The second-order valence-corrected chi connectivity index (χ2v) is 9.07. The lowest BCUT2D eigenvalue weighted by Crippen LogP contribution is -2.33. The van der Waals surface area contributed by atoms with E-state index in [1.807, 2.05) is 0 Å². The molecule has 0 amide bonds. The first kappa shape index (κ1) is 21.4. The van der Waals surface area contributed by atoms with Gasteiger partial charge in [-0.2, -0.15) is 0 Å². The fourth-order valence-electron chi connectivity index (χ4n) is 4.67. The van der Waals surface area contributed by atoms with Gasteiger partial charge in [0.15, 0.2) is 5.13 Å². The van der Waals surface area contributed by atoms with Gasteiger partial charge in [-0.05, 0) is 62.4 Å². The van der Waals surface area contributed by atoms with Crippen LogP contribution in [0.25, 0.3) is 0 Å². The minimum Gasteiger partial charge on any atom is -0.375 e. The molecule has 0 saturated heterocycles. The molecule has 0 fully saturated rings. The zero-order chi connectivity index (χ0) is 21.8. The number of aromatic nitrogens is 1. The molecule has 0 radical (unpaired) electrons. The van der Waals surface area contributed by atoms with Crippen molar-refractivity contribution in [2.24, 2.45) is 0 Å². The number of hydrogen-bond acceptors (Lipinski definition) is 4. The Morgan fingerprint density at radius 3 is 2.35 bits per heavy atom. The van der Waals surface area contributed by atoms with Crippen LogP contribution in [0.1, 0.15) is 44.0 Å². The van der Waals surface area contributed by atoms with Crippen LogP contribution in [0.15, 0.2) is 83.3 Å². The van der Waals surface area contributed by atoms with Gasteiger partial charge in [0.05, 0.1) is 11.1 Å². The average Bonchev–Trinajstić information content (AvgIpc) is 3.23. The summed E-state index contributed by atoms with van der Waals surface area (Å²) in [7, 11) is 0. The van der Waals surface area contributed by atoms with Gasteiger partial charge in [0.25, 0.3) is 0 Å². The lowest BCUT2D eigenvalue weighted by molar-refractivity contribution is 0.572. The number of rotatable bonds is 7. The van der Waals surface area contributed by atoms with Crippen LogP contribution in [-0.2, 0) is 11.8 Å². The standard InChI is InChI=1S/C27H31N3S/c1-4-30(5-2)24-13-11-22(12-14-24)27(25-19-31-26(28)29-25)16-15-20(3)17-23(27)18-21-9-7-6-8-10-21/h6-15,17,19H,4-5,16,18H2,1-3H3,(H2,28,29). The number of anilines is 2. The van der Waals surface area contributed by atoms with E-state index in [1.54, 1.807) is 0 Å². The summed E-state index contributed by atoms with van der Waals surface area (Å²) in [6, 6.07) is 19.8. The molecule has 3 nitrogen and oxygen atoms in total. The highest BCUT2D eigenvalue weighted by atomic mass is 32.1. The smallest absolute Gasteiger partial charge is 0.180 e. The van der Waals surface area contributed by atoms with Gasteiger partial charge in [0.1, 0.15) is 0 Å². The topological polar surface area (TPSA) is 42.1 Å². The molecule has 1 atom stereocenters.